The van der Waals surface area contributed by atoms with E-state index in [1.165, 1.54) is 6.92 Å². The van der Waals surface area contributed by atoms with Gasteiger partial charge in [0, 0.05) is 0 Å². The molecule has 2 aromatic rings. The van der Waals surface area contributed by atoms with Crippen molar-refractivity contribution in [2.24, 2.45) is 0 Å². The molecule has 0 bridgehead atoms. The maximum atomic E-state index is 12.3. The van der Waals surface area contributed by atoms with Crippen molar-refractivity contribution in [1.29, 1.82) is 0 Å². The van der Waals surface area contributed by atoms with Crippen LogP contribution < -0.4 is 5.56 Å². The maximum Gasteiger partial charge on any atom is 0.408 e. The van der Waals surface area contributed by atoms with E-state index in [0.29, 0.717) is 0 Å². The van der Waals surface area contributed by atoms with Crippen LogP contribution in [0.2, 0.25) is 0 Å². The summed E-state index contributed by atoms with van der Waals surface area (Å²) < 4.78 is 41.4. The van der Waals surface area contributed by atoms with E-state index < -0.39 is 35.5 Å². The quantitative estimate of drug-likeness (QED) is 0.877. The van der Waals surface area contributed by atoms with Crippen LogP contribution in [0, 0.1) is 6.92 Å². The summed E-state index contributed by atoms with van der Waals surface area (Å²) >= 11 is 0. The third-order valence-electron chi connectivity index (χ3n) is 2.29. The minimum absolute atomic E-state index is 0.00356. The number of aryl methyl sites for hydroxylation is 1. The molecule has 0 fully saturated rings. The predicted octanol–water partition coefficient (Wildman–Crippen LogP) is 0.953. The molecule has 2 heterocycles. The first-order valence-corrected chi connectivity index (χ1v) is 4.88. The molecule has 0 radical (unpaired) electrons. The second-order valence-electron chi connectivity index (χ2n) is 3.69. The molecule has 0 spiro atoms. The Morgan fingerprint density at radius 2 is 2.11 bits per heavy atom. The standard InChI is InChI=1S/C9H6F3N3O4/c1-3-4-5(14-19-3)7(16)15(2-9(10,11)12)13-6(4)8(17)18/h2H2,1H3,(H,17,18). The number of carboxylic acid groups (broad SMARTS) is 1. The number of hydrogen-bond acceptors (Lipinski definition) is 5. The van der Waals surface area contributed by atoms with Crippen LogP contribution in [-0.4, -0.2) is 32.2 Å². The first-order chi connectivity index (χ1) is 8.70. The lowest BCUT2D eigenvalue weighted by Crippen LogP contribution is -2.32. The lowest BCUT2D eigenvalue weighted by atomic mass is 10.2. The predicted molar refractivity (Wildman–Crippen MR) is 53.8 cm³/mol. The van der Waals surface area contributed by atoms with Crippen LogP contribution in [0.5, 0.6) is 0 Å². The topological polar surface area (TPSA) is 98.2 Å². The summed E-state index contributed by atoms with van der Waals surface area (Å²) in [5.41, 5.74) is -2.36. The summed E-state index contributed by atoms with van der Waals surface area (Å²) in [7, 11) is 0. The average molecular weight is 277 g/mol. The van der Waals surface area contributed by atoms with Crippen LogP contribution in [-0.2, 0) is 6.54 Å². The summed E-state index contributed by atoms with van der Waals surface area (Å²) in [6, 6.07) is 0. The van der Waals surface area contributed by atoms with Gasteiger partial charge in [-0.05, 0) is 6.92 Å². The summed E-state index contributed by atoms with van der Waals surface area (Å²) in [6.07, 6.45) is -4.71. The molecule has 0 unspecified atom stereocenters. The second-order valence-corrected chi connectivity index (χ2v) is 3.69. The molecule has 0 aliphatic carbocycles. The van der Waals surface area contributed by atoms with Gasteiger partial charge in [0.2, 0.25) is 0 Å². The normalized spacial score (nSPS) is 12.0. The molecule has 0 atom stereocenters. The Labute approximate surface area is 102 Å². The minimum atomic E-state index is -4.71. The molecular formula is C9H6F3N3O4. The number of fused-ring (bicyclic) bond motifs is 1. The molecule has 10 heteroatoms. The van der Waals surface area contributed by atoms with Crippen LogP contribution in [0.15, 0.2) is 9.32 Å². The number of rotatable bonds is 2. The SMILES string of the molecule is Cc1onc2c(=O)n(CC(F)(F)F)nc(C(=O)O)c12. The second kappa shape index (κ2) is 4.07. The van der Waals surface area contributed by atoms with Gasteiger partial charge in [-0.2, -0.15) is 18.3 Å². The molecule has 0 aliphatic heterocycles. The van der Waals surface area contributed by atoms with E-state index in [2.05, 4.69) is 14.8 Å². The van der Waals surface area contributed by atoms with Crippen molar-refractivity contribution in [1.82, 2.24) is 14.9 Å². The minimum Gasteiger partial charge on any atom is -0.476 e. The van der Waals surface area contributed by atoms with E-state index in [0.717, 1.165) is 0 Å². The molecule has 1 N–H and O–H groups in total. The number of halogens is 3. The summed E-state index contributed by atoms with van der Waals surface area (Å²) in [5, 5.41) is 15.2. The number of aromatic nitrogens is 3. The highest BCUT2D eigenvalue weighted by Gasteiger charge is 2.31. The average Bonchev–Trinajstić information content (AvgIpc) is 2.63. The third kappa shape index (κ3) is 2.28. The number of carbonyl (C=O) groups is 1. The Balaban J connectivity index is 2.78. The zero-order valence-electron chi connectivity index (χ0n) is 9.35. The van der Waals surface area contributed by atoms with Crippen LogP contribution in [0.1, 0.15) is 16.2 Å². The molecule has 2 aromatic heterocycles. The molecule has 0 aromatic carbocycles. The third-order valence-corrected chi connectivity index (χ3v) is 2.29. The van der Waals surface area contributed by atoms with E-state index in [9.17, 15) is 22.8 Å². The van der Waals surface area contributed by atoms with E-state index in [1.54, 1.807) is 0 Å². The molecule has 19 heavy (non-hydrogen) atoms. The van der Waals surface area contributed by atoms with Crippen LogP contribution in [0.3, 0.4) is 0 Å². The van der Waals surface area contributed by atoms with Crippen LogP contribution in [0.4, 0.5) is 13.2 Å². The fraction of sp³-hybridized carbons (Fsp3) is 0.333. The number of alkyl halides is 3. The Morgan fingerprint density at radius 3 is 2.63 bits per heavy atom. The van der Waals surface area contributed by atoms with Gasteiger partial charge in [0.05, 0.1) is 5.39 Å². The number of nitrogens with zero attached hydrogens (tertiary/aromatic N) is 3. The zero-order chi connectivity index (χ0) is 14.4. The Morgan fingerprint density at radius 1 is 1.47 bits per heavy atom. The van der Waals surface area contributed by atoms with Gasteiger partial charge in [0.15, 0.2) is 11.2 Å². The molecule has 0 amide bonds. The number of hydrogen-bond donors (Lipinski definition) is 1. The van der Waals surface area contributed by atoms with Crippen molar-refractivity contribution in [2.75, 3.05) is 0 Å². The van der Waals surface area contributed by atoms with Crippen molar-refractivity contribution >= 4 is 16.9 Å². The van der Waals surface area contributed by atoms with E-state index in [-0.39, 0.29) is 15.8 Å². The Hall–Kier alpha value is -2.39. The molecule has 0 aliphatic rings. The summed E-state index contributed by atoms with van der Waals surface area (Å²) in [5.74, 6) is -1.58. The van der Waals surface area contributed by atoms with Gasteiger partial charge >= 0.3 is 12.1 Å². The fourth-order valence-electron chi connectivity index (χ4n) is 1.56. The van der Waals surface area contributed by atoms with Gasteiger partial charge in [-0.3, -0.25) is 4.79 Å². The molecule has 7 nitrogen and oxygen atoms in total. The van der Waals surface area contributed by atoms with Gasteiger partial charge in [0.1, 0.15) is 12.3 Å². The highest BCUT2D eigenvalue weighted by molar-refractivity contribution is 6.00. The molecule has 0 saturated carbocycles. The van der Waals surface area contributed by atoms with Crippen molar-refractivity contribution in [2.45, 2.75) is 19.6 Å². The fourth-order valence-corrected chi connectivity index (χ4v) is 1.56. The first kappa shape index (κ1) is 13.1. The summed E-state index contributed by atoms with van der Waals surface area (Å²) in [6.45, 7) is -0.370. The van der Waals surface area contributed by atoms with Crippen molar-refractivity contribution in [3.8, 4) is 0 Å². The Kier molecular flexibility index (Phi) is 2.80. The van der Waals surface area contributed by atoms with Crippen molar-refractivity contribution < 1.29 is 27.6 Å². The smallest absolute Gasteiger partial charge is 0.408 e. The van der Waals surface area contributed by atoms with E-state index >= 15 is 0 Å². The van der Waals surface area contributed by atoms with Gasteiger partial charge in [-0.15, -0.1) is 0 Å². The zero-order valence-corrected chi connectivity index (χ0v) is 9.35. The Bertz CT molecular complexity index is 716. The van der Waals surface area contributed by atoms with Gasteiger partial charge in [-0.25, -0.2) is 9.48 Å². The first-order valence-electron chi connectivity index (χ1n) is 4.88. The lowest BCUT2D eigenvalue weighted by Gasteiger charge is -2.08. The van der Waals surface area contributed by atoms with Crippen molar-refractivity contribution in [3.05, 3.63) is 21.8 Å². The van der Waals surface area contributed by atoms with Gasteiger partial charge in [0.25, 0.3) is 5.56 Å². The molecule has 102 valence electrons. The van der Waals surface area contributed by atoms with Gasteiger partial charge in [-0.1, -0.05) is 5.16 Å². The van der Waals surface area contributed by atoms with E-state index in [1.807, 2.05) is 0 Å². The lowest BCUT2D eigenvalue weighted by molar-refractivity contribution is -0.143. The van der Waals surface area contributed by atoms with Crippen molar-refractivity contribution in [3.63, 3.8) is 0 Å². The largest absolute Gasteiger partial charge is 0.476 e. The highest BCUT2D eigenvalue weighted by atomic mass is 19.4. The number of carboxylic acids is 1. The molecule has 0 saturated heterocycles. The molecule has 2 rings (SSSR count). The maximum absolute atomic E-state index is 12.3. The molecular weight excluding hydrogens is 271 g/mol. The van der Waals surface area contributed by atoms with Crippen LogP contribution in [0.25, 0.3) is 10.9 Å². The van der Waals surface area contributed by atoms with E-state index in [4.69, 9.17) is 5.11 Å². The monoisotopic (exact) mass is 277 g/mol. The summed E-state index contributed by atoms with van der Waals surface area (Å²) in [4.78, 5) is 22.6. The number of aromatic carboxylic acids is 1. The van der Waals surface area contributed by atoms with Crippen LogP contribution >= 0.6 is 0 Å². The van der Waals surface area contributed by atoms with Gasteiger partial charge < -0.3 is 9.63 Å². The highest BCUT2D eigenvalue weighted by Crippen LogP contribution is 2.20.